The van der Waals surface area contributed by atoms with Gasteiger partial charge >= 0.3 is 0 Å². The number of aryl methyl sites for hydroxylation is 1. The summed E-state index contributed by atoms with van der Waals surface area (Å²) >= 11 is 3.52. The number of rotatable bonds is 9. The third-order valence-electron chi connectivity index (χ3n) is 4.74. The fraction of sp³-hybridized carbons (Fsp3) is 0.250. The summed E-state index contributed by atoms with van der Waals surface area (Å²) in [5.41, 5.74) is 4.66. The van der Waals surface area contributed by atoms with Gasteiger partial charge in [-0.15, -0.1) is 0 Å². The molecule has 0 atom stereocenters. The van der Waals surface area contributed by atoms with E-state index < -0.39 is 0 Å². The van der Waals surface area contributed by atoms with Crippen molar-refractivity contribution in [3.05, 3.63) is 70.2 Å². The predicted molar refractivity (Wildman–Crippen MR) is 124 cm³/mol. The van der Waals surface area contributed by atoms with E-state index in [0.717, 1.165) is 33.0 Å². The first-order valence-corrected chi connectivity index (χ1v) is 10.7. The van der Waals surface area contributed by atoms with E-state index in [1.807, 2.05) is 48.5 Å². The maximum absolute atomic E-state index is 12.1. The summed E-state index contributed by atoms with van der Waals surface area (Å²) in [5.74, 6) is 1.34. The summed E-state index contributed by atoms with van der Waals surface area (Å²) in [4.78, 5) is 12.1. The second-order valence-electron chi connectivity index (χ2n) is 6.77. The third-order valence-corrected chi connectivity index (χ3v) is 5.36. The van der Waals surface area contributed by atoms with Gasteiger partial charge in [-0.1, -0.05) is 43.3 Å². The van der Waals surface area contributed by atoms with Gasteiger partial charge in [0.2, 0.25) is 5.91 Å². The number of fused-ring (bicyclic) bond motifs is 1. The lowest BCUT2D eigenvalue weighted by atomic mass is 10.0. The van der Waals surface area contributed by atoms with Crippen LogP contribution in [0, 0.1) is 0 Å². The summed E-state index contributed by atoms with van der Waals surface area (Å²) in [6.45, 7) is 2.57. The van der Waals surface area contributed by atoms with Gasteiger partial charge in [-0.25, -0.2) is 5.43 Å². The second-order valence-corrected chi connectivity index (χ2v) is 7.62. The van der Waals surface area contributed by atoms with E-state index in [1.165, 1.54) is 5.56 Å². The summed E-state index contributed by atoms with van der Waals surface area (Å²) in [6.07, 6.45) is 3.53. The lowest BCUT2D eigenvalue weighted by Gasteiger charge is -2.09. The zero-order valence-electron chi connectivity index (χ0n) is 17.2. The molecular formula is C24H25BrN2O3. The van der Waals surface area contributed by atoms with Crippen LogP contribution in [0.2, 0.25) is 0 Å². The van der Waals surface area contributed by atoms with Gasteiger partial charge in [-0.3, -0.25) is 4.79 Å². The summed E-state index contributed by atoms with van der Waals surface area (Å²) in [5, 5.41) is 6.22. The summed E-state index contributed by atoms with van der Waals surface area (Å²) < 4.78 is 12.1. The Kier molecular flexibility index (Phi) is 7.85. The van der Waals surface area contributed by atoms with Crippen LogP contribution >= 0.6 is 15.9 Å². The van der Waals surface area contributed by atoms with Crippen LogP contribution in [-0.2, 0) is 11.2 Å². The highest BCUT2D eigenvalue weighted by atomic mass is 79.9. The number of benzene rings is 3. The average molecular weight is 469 g/mol. The van der Waals surface area contributed by atoms with Crippen LogP contribution in [0.25, 0.3) is 10.8 Å². The molecule has 1 amide bonds. The minimum absolute atomic E-state index is 0.158. The van der Waals surface area contributed by atoms with Crippen molar-refractivity contribution >= 4 is 38.8 Å². The average Bonchev–Trinajstić information content (AvgIpc) is 2.77. The second kappa shape index (κ2) is 10.8. The highest BCUT2D eigenvalue weighted by molar-refractivity contribution is 9.10. The molecule has 0 fully saturated rings. The maximum atomic E-state index is 12.1. The van der Waals surface area contributed by atoms with Crippen molar-refractivity contribution in [3.8, 4) is 11.5 Å². The Balaban J connectivity index is 1.50. The third kappa shape index (κ3) is 5.60. The smallest absolute Gasteiger partial charge is 0.240 e. The Morgan fingerprint density at radius 3 is 2.70 bits per heavy atom. The quantitative estimate of drug-likeness (QED) is 0.256. The van der Waals surface area contributed by atoms with Crippen LogP contribution in [0.1, 0.15) is 30.9 Å². The Hall–Kier alpha value is -2.86. The number of nitrogens with one attached hydrogen (secondary N) is 1. The Morgan fingerprint density at radius 2 is 1.93 bits per heavy atom. The van der Waals surface area contributed by atoms with Crippen molar-refractivity contribution in [1.82, 2.24) is 5.43 Å². The molecule has 6 heteroatoms. The maximum Gasteiger partial charge on any atom is 0.240 e. The van der Waals surface area contributed by atoms with Gasteiger partial charge in [0.25, 0.3) is 0 Å². The molecule has 156 valence electrons. The Labute approximate surface area is 185 Å². The number of halogens is 1. The van der Waals surface area contributed by atoms with Crippen LogP contribution < -0.4 is 14.9 Å². The monoisotopic (exact) mass is 468 g/mol. The van der Waals surface area contributed by atoms with E-state index in [1.54, 1.807) is 13.3 Å². The predicted octanol–water partition coefficient (Wildman–Crippen LogP) is 5.48. The van der Waals surface area contributed by atoms with Crippen molar-refractivity contribution < 1.29 is 14.3 Å². The molecule has 0 saturated heterocycles. The normalized spacial score (nSPS) is 11.0. The number of nitrogens with zero attached hydrogens (tertiary/aromatic N) is 1. The minimum Gasteiger partial charge on any atom is -0.496 e. The molecule has 3 aromatic rings. The molecule has 0 bridgehead atoms. The van der Waals surface area contributed by atoms with Crippen molar-refractivity contribution in [2.75, 3.05) is 13.7 Å². The topological polar surface area (TPSA) is 59.9 Å². The van der Waals surface area contributed by atoms with E-state index in [-0.39, 0.29) is 5.91 Å². The van der Waals surface area contributed by atoms with Gasteiger partial charge in [0.15, 0.2) is 0 Å². The SMILES string of the molecule is CCc1ccc(OCCCC(=O)N/N=C/c2c(OC)ccc3ccccc23)c(Br)c1. The van der Waals surface area contributed by atoms with Crippen molar-refractivity contribution in [3.63, 3.8) is 0 Å². The zero-order valence-corrected chi connectivity index (χ0v) is 18.7. The van der Waals surface area contributed by atoms with E-state index in [4.69, 9.17) is 9.47 Å². The number of hydrazone groups is 1. The molecule has 3 rings (SSSR count). The number of carbonyl (C=O) groups is 1. The molecule has 0 aliphatic carbocycles. The Morgan fingerprint density at radius 1 is 1.13 bits per heavy atom. The minimum atomic E-state index is -0.158. The summed E-state index contributed by atoms with van der Waals surface area (Å²) in [7, 11) is 1.62. The van der Waals surface area contributed by atoms with Gasteiger partial charge in [0.05, 0.1) is 24.4 Å². The van der Waals surface area contributed by atoms with Crippen LogP contribution in [-0.4, -0.2) is 25.8 Å². The van der Waals surface area contributed by atoms with Crippen LogP contribution in [0.4, 0.5) is 0 Å². The molecule has 0 aliphatic heterocycles. The van der Waals surface area contributed by atoms with Gasteiger partial charge in [0, 0.05) is 12.0 Å². The van der Waals surface area contributed by atoms with E-state index >= 15 is 0 Å². The lowest BCUT2D eigenvalue weighted by molar-refractivity contribution is -0.121. The van der Waals surface area contributed by atoms with Crippen LogP contribution in [0.5, 0.6) is 11.5 Å². The highest BCUT2D eigenvalue weighted by Crippen LogP contribution is 2.27. The molecule has 0 saturated carbocycles. The standard InChI is InChI=1S/C24H25BrN2O3/c1-3-17-10-12-23(21(25)15-17)30-14-6-9-24(28)27-26-16-20-19-8-5-4-7-18(19)11-13-22(20)29-2/h4-5,7-8,10-13,15-16H,3,6,9,14H2,1-2H3,(H,27,28)/b26-16+. The van der Waals surface area contributed by atoms with E-state index in [9.17, 15) is 4.79 Å². The molecule has 3 aromatic carbocycles. The van der Waals surface area contributed by atoms with Crippen molar-refractivity contribution in [2.45, 2.75) is 26.2 Å². The molecule has 30 heavy (non-hydrogen) atoms. The summed E-state index contributed by atoms with van der Waals surface area (Å²) in [6, 6.07) is 17.9. The number of carbonyl (C=O) groups excluding carboxylic acids is 1. The van der Waals surface area contributed by atoms with Crippen molar-refractivity contribution in [2.24, 2.45) is 5.10 Å². The van der Waals surface area contributed by atoms with Crippen molar-refractivity contribution in [1.29, 1.82) is 0 Å². The number of hydrogen-bond acceptors (Lipinski definition) is 4. The van der Waals surface area contributed by atoms with Crippen LogP contribution in [0.15, 0.2) is 64.2 Å². The first-order chi connectivity index (χ1) is 14.6. The molecular weight excluding hydrogens is 444 g/mol. The first kappa shape index (κ1) is 21.8. The molecule has 0 unspecified atom stereocenters. The number of ether oxygens (including phenoxy) is 2. The molecule has 0 radical (unpaired) electrons. The largest absolute Gasteiger partial charge is 0.496 e. The fourth-order valence-corrected chi connectivity index (χ4v) is 3.65. The van der Waals surface area contributed by atoms with Gasteiger partial charge in [-0.2, -0.15) is 5.10 Å². The molecule has 0 heterocycles. The molecule has 5 nitrogen and oxygen atoms in total. The van der Waals surface area contributed by atoms with E-state index in [2.05, 4.69) is 39.4 Å². The number of amides is 1. The lowest BCUT2D eigenvalue weighted by Crippen LogP contribution is -2.18. The first-order valence-electron chi connectivity index (χ1n) is 9.91. The zero-order chi connectivity index (χ0) is 21.3. The molecule has 1 N–H and O–H groups in total. The number of methoxy groups -OCH3 is 1. The van der Waals surface area contributed by atoms with Gasteiger partial charge < -0.3 is 9.47 Å². The molecule has 0 spiro atoms. The van der Waals surface area contributed by atoms with Gasteiger partial charge in [0.1, 0.15) is 11.5 Å². The van der Waals surface area contributed by atoms with Crippen LogP contribution in [0.3, 0.4) is 0 Å². The molecule has 0 aliphatic rings. The van der Waals surface area contributed by atoms with E-state index in [0.29, 0.717) is 25.2 Å². The highest BCUT2D eigenvalue weighted by Gasteiger charge is 2.07. The fourth-order valence-electron chi connectivity index (χ4n) is 3.11. The number of hydrogen-bond donors (Lipinski definition) is 1. The van der Waals surface area contributed by atoms with Gasteiger partial charge in [-0.05, 0) is 63.3 Å². The molecule has 0 aromatic heterocycles. The Bertz CT molecular complexity index is 1050.